The summed E-state index contributed by atoms with van der Waals surface area (Å²) in [5.74, 6) is -1.64. The van der Waals surface area contributed by atoms with Crippen LogP contribution in [0.15, 0.2) is 72.9 Å². The van der Waals surface area contributed by atoms with Gasteiger partial charge in [-0.05, 0) is 29.3 Å². The van der Waals surface area contributed by atoms with Gasteiger partial charge in [0.1, 0.15) is 0 Å². The Morgan fingerprint density at radius 3 is 2.50 bits per heavy atom. The number of H-pyrrole nitrogens is 1. The molecule has 3 aromatic carbocycles. The Morgan fingerprint density at radius 1 is 1.06 bits per heavy atom. The molecule has 1 amide bonds. The normalized spacial score (nSPS) is 11.7. The number of amides is 1. The van der Waals surface area contributed by atoms with E-state index in [0.29, 0.717) is 5.02 Å². The minimum Gasteiger partial charge on any atom is -0.465 e. The molecule has 0 aliphatic rings. The first-order chi connectivity index (χ1) is 16.4. The second-order valence-electron chi connectivity index (χ2n) is 7.59. The number of rotatable bonds is 7. The molecule has 0 aliphatic heterocycles. The number of fused-ring (bicyclic) bond motifs is 1. The third-order valence-electron chi connectivity index (χ3n) is 5.56. The number of nitro groups is 1. The molecule has 9 heteroatoms. The number of halogens is 1. The smallest absolute Gasteiger partial charge is 0.338 e. The highest BCUT2D eigenvalue weighted by Gasteiger charge is 2.23. The lowest BCUT2D eigenvalue weighted by atomic mass is 9.90. The fourth-order valence-electron chi connectivity index (χ4n) is 3.91. The molecule has 0 bridgehead atoms. The van der Waals surface area contributed by atoms with Gasteiger partial charge in [0.2, 0.25) is 0 Å². The number of carbonyl (C=O) groups is 2. The zero-order valence-electron chi connectivity index (χ0n) is 18.1. The number of hydrogen-bond donors (Lipinski definition) is 2. The van der Waals surface area contributed by atoms with Crippen LogP contribution < -0.4 is 5.32 Å². The predicted octanol–water partition coefficient (Wildman–Crippen LogP) is 5.08. The van der Waals surface area contributed by atoms with Gasteiger partial charge in [0, 0.05) is 52.3 Å². The average Bonchev–Trinajstić information content (AvgIpc) is 3.28. The number of aromatic amines is 1. The van der Waals surface area contributed by atoms with Gasteiger partial charge < -0.3 is 15.0 Å². The van der Waals surface area contributed by atoms with Crippen molar-refractivity contribution in [1.82, 2.24) is 10.3 Å². The number of nitrogens with zero attached hydrogens (tertiary/aromatic N) is 1. The molecule has 0 radical (unpaired) electrons. The Bertz CT molecular complexity index is 1400. The van der Waals surface area contributed by atoms with E-state index in [1.165, 1.54) is 6.07 Å². The third kappa shape index (κ3) is 4.62. The van der Waals surface area contributed by atoms with E-state index in [1.807, 2.05) is 48.7 Å². The maximum atomic E-state index is 13.0. The summed E-state index contributed by atoms with van der Waals surface area (Å²) in [6.45, 7) is 0.167. The Kier molecular flexibility index (Phi) is 6.60. The number of nitro benzene ring substituents is 1. The van der Waals surface area contributed by atoms with E-state index in [0.717, 1.165) is 41.3 Å². The summed E-state index contributed by atoms with van der Waals surface area (Å²) in [7, 11) is 1.16. The van der Waals surface area contributed by atoms with Crippen molar-refractivity contribution in [3.8, 4) is 0 Å². The molecular formula is C25H20ClN3O5. The molecule has 2 N–H and O–H groups in total. The fraction of sp³-hybridized carbons (Fsp3) is 0.120. The maximum Gasteiger partial charge on any atom is 0.338 e. The minimum absolute atomic E-state index is 0.0218. The summed E-state index contributed by atoms with van der Waals surface area (Å²) >= 11 is 6.50. The molecule has 0 aliphatic carbocycles. The lowest BCUT2D eigenvalue weighted by Gasteiger charge is -2.19. The van der Waals surface area contributed by atoms with Crippen molar-refractivity contribution in [3.05, 3.63) is 110 Å². The summed E-state index contributed by atoms with van der Waals surface area (Å²) in [6, 6.07) is 18.6. The highest BCUT2D eigenvalue weighted by molar-refractivity contribution is 6.31. The SMILES string of the molecule is COC(=O)c1cc(C(=O)NCC(c2ccccc2Cl)c2c[nH]c3ccccc23)cc([N+](=O)[O-])c1. The Morgan fingerprint density at radius 2 is 1.76 bits per heavy atom. The van der Waals surface area contributed by atoms with Gasteiger partial charge in [0.25, 0.3) is 11.6 Å². The summed E-state index contributed by atoms with van der Waals surface area (Å²) in [5.41, 5.74) is 2.23. The summed E-state index contributed by atoms with van der Waals surface area (Å²) in [6.07, 6.45) is 1.88. The number of para-hydroxylation sites is 1. The quantitative estimate of drug-likeness (QED) is 0.219. The van der Waals surface area contributed by atoms with Crippen LogP contribution in [-0.2, 0) is 4.74 Å². The van der Waals surface area contributed by atoms with Crippen LogP contribution >= 0.6 is 11.6 Å². The van der Waals surface area contributed by atoms with Gasteiger partial charge in [-0.1, -0.05) is 48.0 Å². The number of hydrogen-bond acceptors (Lipinski definition) is 5. The standard InChI is InChI=1S/C25H20ClN3O5/c1-34-25(31)16-10-15(11-17(12-16)29(32)33)24(30)28-14-20(18-6-2-4-8-22(18)26)21-13-27-23-9-5-3-7-19(21)23/h2-13,20,27H,14H2,1H3,(H,28,30). The molecule has 0 fully saturated rings. The Hall–Kier alpha value is -4.17. The van der Waals surface area contributed by atoms with E-state index in [2.05, 4.69) is 15.0 Å². The fourth-order valence-corrected chi connectivity index (χ4v) is 4.18. The number of esters is 1. The van der Waals surface area contributed by atoms with Crippen LogP contribution in [0.25, 0.3) is 10.9 Å². The first-order valence-electron chi connectivity index (χ1n) is 10.4. The average molecular weight is 478 g/mol. The van der Waals surface area contributed by atoms with Crippen LogP contribution in [-0.4, -0.2) is 35.4 Å². The van der Waals surface area contributed by atoms with E-state index in [9.17, 15) is 19.7 Å². The van der Waals surface area contributed by atoms with Crippen LogP contribution in [0.1, 0.15) is 37.8 Å². The van der Waals surface area contributed by atoms with E-state index in [-0.39, 0.29) is 29.3 Å². The second-order valence-corrected chi connectivity index (χ2v) is 8.00. The molecule has 172 valence electrons. The van der Waals surface area contributed by atoms with Gasteiger partial charge in [-0.15, -0.1) is 0 Å². The number of ether oxygens (including phenoxy) is 1. The molecule has 0 spiro atoms. The van der Waals surface area contributed by atoms with Gasteiger partial charge in [0.15, 0.2) is 0 Å². The van der Waals surface area contributed by atoms with Crippen LogP contribution in [0.5, 0.6) is 0 Å². The molecule has 1 atom stereocenters. The highest BCUT2D eigenvalue weighted by Crippen LogP contribution is 2.34. The van der Waals surface area contributed by atoms with Crippen LogP contribution in [0.4, 0.5) is 5.69 Å². The molecular weight excluding hydrogens is 458 g/mol. The van der Waals surface area contributed by atoms with Crippen molar-refractivity contribution in [2.45, 2.75) is 5.92 Å². The summed E-state index contributed by atoms with van der Waals surface area (Å²) < 4.78 is 4.65. The number of carbonyl (C=O) groups excluding carboxylic acids is 2. The molecule has 4 rings (SSSR count). The number of aromatic nitrogens is 1. The third-order valence-corrected chi connectivity index (χ3v) is 5.90. The van der Waals surface area contributed by atoms with Crippen molar-refractivity contribution in [2.24, 2.45) is 0 Å². The molecule has 0 saturated heterocycles. The van der Waals surface area contributed by atoms with E-state index < -0.39 is 16.8 Å². The van der Waals surface area contributed by atoms with Crippen molar-refractivity contribution >= 4 is 40.1 Å². The van der Waals surface area contributed by atoms with Crippen molar-refractivity contribution in [2.75, 3.05) is 13.7 Å². The van der Waals surface area contributed by atoms with Crippen molar-refractivity contribution < 1.29 is 19.2 Å². The van der Waals surface area contributed by atoms with E-state index in [1.54, 1.807) is 6.07 Å². The first kappa shape index (κ1) is 23.0. The zero-order valence-corrected chi connectivity index (χ0v) is 18.8. The van der Waals surface area contributed by atoms with Gasteiger partial charge >= 0.3 is 5.97 Å². The van der Waals surface area contributed by atoms with Gasteiger partial charge in [0.05, 0.1) is 17.6 Å². The molecule has 8 nitrogen and oxygen atoms in total. The maximum absolute atomic E-state index is 13.0. The van der Waals surface area contributed by atoms with E-state index in [4.69, 9.17) is 11.6 Å². The van der Waals surface area contributed by atoms with Crippen LogP contribution in [0.2, 0.25) is 5.02 Å². The monoisotopic (exact) mass is 477 g/mol. The Labute approximate surface area is 199 Å². The predicted molar refractivity (Wildman–Crippen MR) is 128 cm³/mol. The molecule has 1 unspecified atom stereocenters. The minimum atomic E-state index is -0.773. The number of non-ortho nitro benzene ring substituents is 1. The van der Waals surface area contributed by atoms with E-state index >= 15 is 0 Å². The molecule has 0 saturated carbocycles. The highest BCUT2D eigenvalue weighted by atomic mass is 35.5. The zero-order chi connectivity index (χ0) is 24.2. The van der Waals surface area contributed by atoms with Gasteiger partial charge in [-0.2, -0.15) is 0 Å². The molecule has 1 heterocycles. The first-order valence-corrected chi connectivity index (χ1v) is 10.7. The number of methoxy groups -OCH3 is 1. The lowest BCUT2D eigenvalue weighted by Crippen LogP contribution is -2.29. The second kappa shape index (κ2) is 9.76. The van der Waals surface area contributed by atoms with Crippen LogP contribution in [0, 0.1) is 10.1 Å². The topological polar surface area (TPSA) is 114 Å². The summed E-state index contributed by atoms with van der Waals surface area (Å²) in [4.78, 5) is 38.8. The number of nitrogens with one attached hydrogen (secondary N) is 2. The van der Waals surface area contributed by atoms with Crippen LogP contribution in [0.3, 0.4) is 0 Å². The molecule has 4 aromatic rings. The Balaban J connectivity index is 1.68. The summed E-state index contributed by atoms with van der Waals surface area (Å²) in [5, 5.41) is 15.7. The number of benzene rings is 3. The van der Waals surface area contributed by atoms with Crippen molar-refractivity contribution in [3.63, 3.8) is 0 Å². The molecule has 1 aromatic heterocycles. The lowest BCUT2D eigenvalue weighted by molar-refractivity contribution is -0.384. The van der Waals surface area contributed by atoms with Gasteiger partial charge in [-0.25, -0.2) is 4.79 Å². The largest absolute Gasteiger partial charge is 0.465 e. The van der Waals surface area contributed by atoms with Gasteiger partial charge in [-0.3, -0.25) is 14.9 Å². The van der Waals surface area contributed by atoms with Crippen molar-refractivity contribution in [1.29, 1.82) is 0 Å². The molecule has 34 heavy (non-hydrogen) atoms.